The first-order valence-electron chi connectivity index (χ1n) is 2.11. The number of hydrogen-bond donors (Lipinski definition) is 1. The third-order valence-corrected chi connectivity index (χ3v) is 4.05. The fourth-order valence-electron chi connectivity index (χ4n) is 0.245. The SMILES string of the molecule is C=C[SiH](CO)O[SiH3]. The van der Waals surface area contributed by atoms with Crippen molar-refractivity contribution in [2.45, 2.75) is 0 Å². The average Bonchev–Trinajstić information content (AvgIpc) is 1.72. The Kier molecular flexibility index (Phi) is 4.31. The van der Waals surface area contributed by atoms with E-state index >= 15 is 0 Å². The Labute approximate surface area is 48.1 Å². The first kappa shape index (κ1) is 7.09. The zero-order valence-electron chi connectivity index (χ0n) is 4.42. The second-order valence-corrected chi connectivity index (χ2v) is 4.99. The van der Waals surface area contributed by atoms with Crippen LogP contribution in [-0.4, -0.2) is 30.9 Å². The second-order valence-electron chi connectivity index (χ2n) is 1.19. The third-order valence-electron chi connectivity index (χ3n) is 0.746. The van der Waals surface area contributed by atoms with Crippen LogP contribution < -0.4 is 0 Å². The van der Waals surface area contributed by atoms with E-state index in [4.69, 9.17) is 9.22 Å². The van der Waals surface area contributed by atoms with E-state index < -0.39 is 9.04 Å². The monoisotopic (exact) mass is 134 g/mol. The van der Waals surface area contributed by atoms with E-state index in [-0.39, 0.29) is 6.23 Å². The maximum absolute atomic E-state index is 8.41. The van der Waals surface area contributed by atoms with Crippen LogP contribution in [0.4, 0.5) is 0 Å². The Bertz CT molecular complexity index is 52.9. The molecule has 0 amide bonds. The Morgan fingerprint density at radius 1 is 2.00 bits per heavy atom. The Morgan fingerprint density at radius 2 is 2.57 bits per heavy atom. The Hall–Kier alpha value is 0.0938. The highest BCUT2D eigenvalue weighted by Gasteiger charge is 1.97. The van der Waals surface area contributed by atoms with Gasteiger partial charge >= 0.3 is 0 Å². The molecule has 0 rings (SSSR count). The minimum Gasteiger partial charge on any atom is -0.462 e. The van der Waals surface area contributed by atoms with E-state index in [0.29, 0.717) is 0 Å². The maximum Gasteiger partial charge on any atom is 0.213 e. The summed E-state index contributed by atoms with van der Waals surface area (Å²) in [5, 5.41) is 8.41. The minimum absolute atomic E-state index is 0.188. The van der Waals surface area contributed by atoms with Crippen molar-refractivity contribution in [2.24, 2.45) is 0 Å². The number of aliphatic hydroxyl groups is 1. The molecule has 0 heterocycles. The Morgan fingerprint density at radius 3 is 2.57 bits per heavy atom. The third kappa shape index (κ3) is 2.75. The van der Waals surface area contributed by atoms with Crippen LogP contribution >= 0.6 is 0 Å². The van der Waals surface area contributed by atoms with Crippen molar-refractivity contribution >= 4 is 19.5 Å². The summed E-state index contributed by atoms with van der Waals surface area (Å²) in [6.07, 6.45) is 0.188. The van der Waals surface area contributed by atoms with Gasteiger partial charge in [-0.3, -0.25) is 0 Å². The van der Waals surface area contributed by atoms with Gasteiger partial charge in [0.1, 0.15) is 10.5 Å². The van der Waals surface area contributed by atoms with Crippen LogP contribution in [0.25, 0.3) is 0 Å². The lowest BCUT2D eigenvalue weighted by atomic mass is 11.3. The lowest BCUT2D eigenvalue weighted by molar-refractivity contribution is 0.347. The first-order chi connectivity index (χ1) is 3.35. The van der Waals surface area contributed by atoms with Gasteiger partial charge in [0.05, 0.1) is 6.23 Å². The molecular formula is C3H10O2Si2. The van der Waals surface area contributed by atoms with Gasteiger partial charge in [-0.05, 0) is 0 Å². The summed E-state index contributed by atoms with van der Waals surface area (Å²) < 4.78 is 4.96. The largest absolute Gasteiger partial charge is 0.462 e. The van der Waals surface area contributed by atoms with Crippen molar-refractivity contribution < 1.29 is 9.22 Å². The summed E-state index contributed by atoms with van der Waals surface area (Å²) in [5.74, 6) is 0. The molecule has 0 bridgehead atoms. The zero-order chi connectivity index (χ0) is 5.70. The molecule has 0 fully saturated rings. The van der Waals surface area contributed by atoms with Gasteiger partial charge in [0.25, 0.3) is 0 Å². The van der Waals surface area contributed by atoms with Crippen LogP contribution in [-0.2, 0) is 4.12 Å². The first-order valence-corrected chi connectivity index (χ1v) is 4.88. The molecule has 0 saturated heterocycles. The van der Waals surface area contributed by atoms with Gasteiger partial charge in [-0.15, -0.1) is 6.58 Å². The standard InChI is InChI=1S/C3H10O2Si2/c1-2-7(3-4)5-6/h2,4,7H,1,3H2,6H3. The van der Waals surface area contributed by atoms with Gasteiger partial charge in [-0.25, -0.2) is 0 Å². The quantitative estimate of drug-likeness (QED) is 0.465. The molecule has 1 unspecified atom stereocenters. The molecular weight excluding hydrogens is 124 g/mol. The topological polar surface area (TPSA) is 29.5 Å². The van der Waals surface area contributed by atoms with Crippen molar-refractivity contribution in [1.29, 1.82) is 0 Å². The fourth-order valence-corrected chi connectivity index (χ4v) is 1.76. The zero-order valence-corrected chi connectivity index (χ0v) is 7.58. The van der Waals surface area contributed by atoms with Crippen molar-refractivity contribution in [3.8, 4) is 0 Å². The van der Waals surface area contributed by atoms with E-state index in [0.717, 1.165) is 10.5 Å². The van der Waals surface area contributed by atoms with Gasteiger partial charge in [0, 0.05) is 0 Å². The van der Waals surface area contributed by atoms with Crippen LogP contribution in [0.3, 0.4) is 0 Å². The summed E-state index contributed by atoms with van der Waals surface area (Å²) >= 11 is 0. The van der Waals surface area contributed by atoms with Crippen molar-refractivity contribution in [3.05, 3.63) is 12.3 Å². The van der Waals surface area contributed by atoms with Crippen LogP contribution in [0, 0.1) is 0 Å². The lowest BCUT2D eigenvalue weighted by Crippen LogP contribution is -2.18. The molecule has 0 aliphatic rings. The molecule has 0 aliphatic carbocycles. The highest BCUT2D eigenvalue weighted by molar-refractivity contribution is 6.60. The van der Waals surface area contributed by atoms with E-state index in [1.807, 2.05) is 0 Å². The molecule has 1 N–H and O–H groups in total. The van der Waals surface area contributed by atoms with Crippen molar-refractivity contribution in [2.75, 3.05) is 6.23 Å². The molecule has 4 heteroatoms. The van der Waals surface area contributed by atoms with Gasteiger partial charge in [-0.1, -0.05) is 5.70 Å². The second kappa shape index (κ2) is 4.26. The fraction of sp³-hybridized carbons (Fsp3) is 0.333. The normalized spacial score (nSPS) is 13.9. The van der Waals surface area contributed by atoms with E-state index in [2.05, 4.69) is 6.58 Å². The maximum atomic E-state index is 8.41. The molecule has 0 radical (unpaired) electrons. The van der Waals surface area contributed by atoms with Crippen LogP contribution in [0.5, 0.6) is 0 Å². The smallest absolute Gasteiger partial charge is 0.213 e. The van der Waals surface area contributed by atoms with E-state index in [9.17, 15) is 0 Å². The van der Waals surface area contributed by atoms with E-state index in [1.54, 1.807) is 5.70 Å². The predicted octanol–water partition coefficient (Wildman–Crippen LogP) is -1.74. The van der Waals surface area contributed by atoms with Gasteiger partial charge in [0.15, 0.2) is 0 Å². The minimum atomic E-state index is -1.29. The molecule has 42 valence electrons. The molecule has 0 spiro atoms. The summed E-state index contributed by atoms with van der Waals surface area (Å²) in [4.78, 5) is 0. The summed E-state index contributed by atoms with van der Waals surface area (Å²) in [7, 11) is -0.568. The van der Waals surface area contributed by atoms with Crippen LogP contribution in [0.1, 0.15) is 0 Å². The van der Waals surface area contributed by atoms with Gasteiger partial charge in [-0.2, -0.15) is 0 Å². The number of hydrogen-bond acceptors (Lipinski definition) is 2. The summed E-state index contributed by atoms with van der Waals surface area (Å²) in [5.41, 5.74) is 1.73. The molecule has 0 aromatic rings. The van der Waals surface area contributed by atoms with E-state index in [1.165, 1.54) is 0 Å². The number of rotatable bonds is 3. The Balaban J connectivity index is 3.16. The van der Waals surface area contributed by atoms with Crippen molar-refractivity contribution in [3.63, 3.8) is 0 Å². The highest BCUT2D eigenvalue weighted by atomic mass is 28.3. The summed E-state index contributed by atoms with van der Waals surface area (Å²) in [6.45, 7) is 3.50. The van der Waals surface area contributed by atoms with Crippen LogP contribution in [0.2, 0.25) is 0 Å². The lowest BCUT2D eigenvalue weighted by Gasteiger charge is -2.01. The summed E-state index contributed by atoms with van der Waals surface area (Å²) in [6, 6.07) is 0. The average molecular weight is 134 g/mol. The number of aliphatic hydroxyl groups excluding tert-OH is 1. The van der Waals surface area contributed by atoms with Gasteiger partial charge in [0.2, 0.25) is 9.04 Å². The van der Waals surface area contributed by atoms with Crippen LogP contribution in [0.15, 0.2) is 12.3 Å². The molecule has 2 nitrogen and oxygen atoms in total. The predicted molar refractivity (Wildman–Crippen MR) is 35.5 cm³/mol. The molecule has 1 atom stereocenters. The molecule has 7 heavy (non-hydrogen) atoms. The molecule has 0 saturated carbocycles. The van der Waals surface area contributed by atoms with Crippen molar-refractivity contribution in [1.82, 2.24) is 0 Å². The van der Waals surface area contributed by atoms with Gasteiger partial charge < -0.3 is 9.22 Å². The molecule has 0 aromatic carbocycles. The highest BCUT2D eigenvalue weighted by Crippen LogP contribution is 1.78. The molecule has 0 aliphatic heterocycles. The molecule has 0 aromatic heterocycles.